The Balaban J connectivity index is 4.23. The van der Waals surface area contributed by atoms with Gasteiger partial charge in [0.25, 0.3) is 6.29 Å². The highest BCUT2D eigenvalue weighted by molar-refractivity contribution is 5.71. The van der Waals surface area contributed by atoms with Gasteiger partial charge in [-0.05, 0) is 83.5 Å². The van der Waals surface area contributed by atoms with E-state index in [9.17, 15) is 19.5 Å². The number of quaternary nitrogens is 1. The maximum atomic E-state index is 12.9. The Morgan fingerprint density at radius 3 is 1.18 bits per heavy atom. The van der Waals surface area contributed by atoms with Crippen molar-refractivity contribution in [1.29, 1.82) is 0 Å². The molecule has 0 aliphatic heterocycles. The molecule has 0 saturated carbocycles. The van der Waals surface area contributed by atoms with Crippen LogP contribution in [0, 0.1) is 0 Å². The van der Waals surface area contributed by atoms with E-state index in [0.717, 1.165) is 70.6 Å². The molecular weight excluding hydrogens is 911 g/mol. The quantitative estimate of drug-likeness (QED) is 0.0211. The molecule has 0 heterocycles. The zero-order chi connectivity index (χ0) is 53.4. The zero-order valence-electron chi connectivity index (χ0n) is 48.0. The number of hydrogen-bond acceptors (Lipinski definition) is 7. The Morgan fingerprint density at radius 2 is 0.781 bits per heavy atom. The molecule has 0 aliphatic rings. The van der Waals surface area contributed by atoms with E-state index >= 15 is 0 Å². The summed E-state index contributed by atoms with van der Waals surface area (Å²) in [6.45, 7) is 4.78. The third-order valence-electron chi connectivity index (χ3n) is 12.9. The van der Waals surface area contributed by atoms with Crippen molar-refractivity contribution in [3.8, 4) is 0 Å². The molecule has 73 heavy (non-hydrogen) atoms. The summed E-state index contributed by atoms with van der Waals surface area (Å²) in [5.74, 6) is -2.01. The van der Waals surface area contributed by atoms with Crippen LogP contribution in [0.15, 0.2) is 72.9 Å². The summed E-state index contributed by atoms with van der Waals surface area (Å²) in [5, 5.41) is 9.71. The number of carboxylic acids is 1. The number of aliphatic carboxylic acids is 1. The van der Waals surface area contributed by atoms with Crippen LogP contribution >= 0.6 is 0 Å². The van der Waals surface area contributed by atoms with Crippen molar-refractivity contribution in [2.24, 2.45) is 0 Å². The van der Waals surface area contributed by atoms with E-state index in [-0.39, 0.29) is 32.2 Å². The molecule has 0 bridgehead atoms. The van der Waals surface area contributed by atoms with Gasteiger partial charge in [0.05, 0.1) is 34.4 Å². The maximum Gasteiger partial charge on any atom is 0.361 e. The van der Waals surface area contributed by atoms with Gasteiger partial charge in [-0.3, -0.25) is 9.59 Å². The van der Waals surface area contributed by atoms with E-state index in [4.69, 9.17) is 18.9 Å². The van der Waals surface area contributed by atoms with Crippen molar-refractivity contribution in [2.75, 3.05) is 47.5 Å². The molecule has 0 radical (unpaired) electrons. The third kappa shape index (κ3) is 56.3. The molecule has 0 aliphatic carbocycles. The third-order valence-corrected chi connectivity index (χ3v) is 12.9. The van der Waals surface area contributed by atoms with Gasteiger partial charge in [0, 0.05) is 12.8 Å². The van der Waals surface area contributed by atoms with Crippen molar-refractivity contribution < 1.29 is 42.9 Å². The monoisotopic (exact) mass is 1020 g/mol. The molecule has 0 aromatic heterocycles. The first-order chi connectivity index (χ1) is 35.6. The summed E-state index contributed by atoms with van der Waals surface area (Å²) in [6.07, 6.45) is 68.3. The average Bonchev–Trinajstić information content (AvgIpc) is 3.36. The van der Waals surface area contributed by atoms with Crippen LogP contribution in [0.5, 0.6) is 0 Å². The largest absolute Gasteiger partial charge is 0.477 e. The minimum atomic E-state index is -1.51. The van der Waals surface area contributed by atoms with Crippen LogP contribution in [-0.2, 0) is 33.3 Å². The molecule has 0 rings (SSSR count). The predicted molar refractivity (Wildman–Crippen MR) is 309 cm³/mol. The number of carbonyl (C=O) groups is 3. The van der Waals surface area contributed by atoms with Crippen LogP contribution in [0.3, 0.4) is 0 Å². The molecular formula is C64H114NO8+. The lowest BCUT2D eigenvalue weighted by molar-refractivity contribution is -0.870. The Kier molecular flexibility index (Phi) is 52.5. The van der Waals surface area contributed by atoms with Crippen LogP contribution in [0.1, 0.15) is 258 Å². The van der Waals surface area contributed by atoms with Gasteiger partial charge in [0.2, 0.25) is 0 Å². The Labute approximate surface area is 449 Å². The fraction of sp³-hybridized carbons (Fsp3) is 0.766. The molecule has 0 aromatic rings. The minimum Gasteiger partial charge on any atom is -0.477 e. The van der Waals surface area contributed by atoms with E-state index in [1.807, 2.05) is 21.1 Å². The fourth-order valence-electron chi connectivity index (χ4n) is 8.33. The first-order valence-corrected chi connectivity index (χ1v) is 30.1. The van der Waals surface area contributed by atoms with Crippen LogP contribution in [0.25, 0.3) is 0 Å². The lowest BCUT2D eigenvalue weighted by Crippen LogP contribution is -2.40. The molecule has 422 valence electrons. The molecule has 9 heteroatoms. The molecule has 1 N–H and O–H groups in total. The second kappa shape index (κ2) is 55.0. The average molecular weight is 1030 g/mol. The van der Waals surface area contributed by atoms with Crippen LogP contribution < -0.4 is 0 Å². The highest BCUT2D eigenvalue weighted by Crippen LogP contribution is 2.16. The molecule has 9 nitrogen and oxygen atoms in total. The number of unbranched alkanes of at least 4 members (excludes halogenated alkanes) is 28. The smallest absolute Gasteiger partial charge is 0.361 e. The number of esters is 2. The van der Waals surface area contributed by atoms with Gasteiger partial charge in [0.15, 0.2) is 6.10 Å². The molecule has 0 spiro atoms. The van der Waals surface area contributed by atoms with Gasteiger partial charge in [-0.1, -0.05) is 234 Å². The van der Waals surface area contributed by atoms with Gasteiger partial charge in [-0.25, -0.2) is 4.79 Å². The van der Waals surface area contributed by atoms with E-state index in [2.05, 4.69) is 86.8 Å². The first kappa shape index (κ1) is 69.7. The Morgan fingerprint density at radius 1 is 0.425 bits per heavy atom. The van der Waals surface area contributed by atoms with Gasteiger partial charge in [-0.2, -0.15) is 0 Å². The summed E-state index contributed by atoms with van der Waals surface area (Å²) in [7, 11) is 5.97. The zero-order valence-corrected chi connectivity index (χ0v) is 48.0. The summed E-state index contributed by atoms with van der Waals surface area (Å²) >= 11 is 0. The van der Waals surface area contributed by atoms with E-state index in [0.29, 0.717) is 23.9 Å². The van der Waals surface area contributed by atoms with Crippen molar-refractivity contribution in [2.45, 2.75) is 270 Å². The standard InChI is InChI=1S/C64H113NO8/c1-6-8-10-12-14-16-18-20-22-24-26-28-29-30-31-32-33-35-37-39-41-43-45-47-49-51-53-55-62(67)73-60(59-72-64(63(68)69)70-57-56-65(3,4)5)58-71-61(66)54-52-50-48-46-44-42-40-38-36-34-27-25-23-21-19-17-15-13-11-9-7-2/h8,10,14,16,20,22,25-28,30-31,60,64H,6-7,9,11-13,15,17-19,21,23-24,29,32-59H2,1-5H3/p+1/b10-8-,16-14-,22-20-,27-25-,28-26-,31-30-. The van der Waals surface area contributed by atoms with E-state index < -0.39 is 24.3 Å². The van der Waals surface area contributed by atoms with Crippen LogP contribution in [0.4, 0.5) is 0 Å². The lowest BCUT2D eigenvalue weighted by atomic mass is 10.0. The van der Waals surface area contributed by atoms with Gasteiger partial charge < -0.3 is 28.5 Å². The Hall–Kier alpha value is -3.27. The summed E-state index contributed by atoms with van der Waals surface area (Å²) in [6, 6.07) is 0. The summed E-state index contributed by atoms with van der Waals surface area (Å²) in [4.78, 5) is 37.5. The number of allylic oxidation sites excluding steroid dienone is 12. The lowest BCUT2D eigenvalue weighted by Gasteiger charge is -2.25. The van der Waals surface area contributed by atoms with Crippen molar-refractivity contribution in [1.82, 2.24) is 0 Å². The second-order valence-corrected chi connectivity index (χ2v) is 21.3. The van der Waals surface area contributed by atoms with Gasteiger partial charge in [0.1, 0.15) is 13.2 Å². The fourth-order valence-corrected chi connectivity index (χ4v) is 8.33. The maximum absolute atomic E-state index is 12.9. The molecule has 0 amide bonds. The number of carbonyl (C=O) groups excluding carboxylic acids is 2. The van der Waals surface area contributed by atoms with Gasteiger partial charge in [-0.15, -0.1) is 0 Å². The number of carboxylic acid groups (broad SMARTS) is 1. The number of hydrogen-bond donors (Lipinski definition) is 1. The molecule has 0 fully saturated rings. The van der Waals surface area contributed by atoms with Crippen LogP contribution in [-0.4, -0.2) is 87.4 Å². The van der Waals surface area contributed by atoms with Crippen LogP contribution in [0.2, 0.25) is 0 Å². The highest BCUT2D eigenvalue weighted by Gasteiger charge is 2.25. The number of ether oxygens (including phenoxy) is 4. The topological polar surface area (TPSA) is 108 Å². The predicted octanol–water partition coefficient (Wildman–Crippen LogP) is 17.8. The molecule has 0 aromatic carbocycles. The highest BCUT2D eigenvalue weighted by atomic mass is 16.7. The van der Waals surface area contributed by atoms with Crippen molar-refractivity contribution >= 4 is 17.9 Å². The summed E-state index contributed by atoms with van der Waals surface area (Å²) in [5.41, 5.74) is 0. The second-order valence-electron chi connectivity index (χ2n) is 21.3. The van der Waals surface area contributed by atoms with E-state index in [1.165, 1.54) is 154 Å². The number of likely N-dealkylation sites (N-methyl/N-ethyl adjacent to an activating group) is 1. The normalized spacial score (nSPS) is 13.3. The van der Waals surface area contributed by atoms with E-state index in [1.54, 1.807) is 0 Å². The Bertz CT molecular complexity index is 1420. The summed E-state index contributed by atoms with van der Waals surface area (Å²) < 4.78 is 22.9. The van der Waals surface area contributed by atoms with Crippen molar-refractivity contribution in [3.05, 3.63) is 72.9 Å². The van der Waals surface area contributed by atoms with Crippen molar-refractivity contribution in [3.63, 3.8) is 0 Å². The van der Waals surface area contributed by atoms with Gasteiger partial charge >= 0.3 is 17.9 Å². The minimum absolute atomic E-state index is 0.185. The first-order valence-electron chi connectivity index (χ1n) is 30.1. The molecule has 2 atom stereocenters. The molecule has 0 saturated heterocycles. The molecule has 2 unspecified atom stereocenters. The SMILES string of the molecule is CC/C=C\C/C=C\C/C=C\C/C=C\C/C=C\CCCCCCCCCCCCCC(=O)OC(COC(=O)CCCCCCCCCCC/C=C\CCCCCCCCCC)COC(OCC[N+](C)(C)C)C(=O)O. The number of nitrogens with zero attached hydrogens (tertiary/aromatic N) is 1. The number of rotatable bonds is 55.